The molecule has 0 aromatic heterocycles. The highest BCUT2D eigenvalue weighted by molar-refractivity contribution is 5.27. The summed E-state index contributed by atoms with van der Waals surface area (Å²) in [6.45, 7) is 0.239. The first kappa shape index (κ1) is 16.3. The van der Waals surface area contributed by atoms with Crippen LogP contribution in [0, 0.1) is 0 Å². The van der Waals surface area contributed by atoms with Crippen molar-refractivity contribution in [3.05, 3.63) is 35.4 Å². The molecule has 3 nitrogen and oxygen atoms in total. The van der Waals surface area contributed by atoms with Gasteiger partial charge in [-0.3, -0.25) is 0 Å². The van der Waals surface area contributed by atoms with Crippen LogP contribution in [0.4, 0.5) is 13.2 Å². The van der Waals surface area contributed by atoms with Crippen molar-refractivity contribution < 1.29 is 23.0 Å². The Morgan fingerprint density at radius 2 is 2.14 bits per heavy atom. The third kappa shape index (κ3) is 4.43. The molecule has 0 amide bonds. The number of ether oxygens (including phenoxy) is 1. The van der Waals surface area contributed by atoms with E-state index in [-0.39, 0.29) is 24.3 Å². The van der Waals surface area contributed by atoms with E-state index in [1.54, 1.807) is 7.11 Å². The van der Waals surface area contributed by atoms with Crippen molar-refractivity contribution in [2.45, 2.75) is 43.7 Å². The van der Waals surface area contributed by atoms with Crippen molar-refractivity contribution in [1.29, 1.82) is 0 Å². The lowest BCUT2D eigenvalue weighted by Gasteiger charge is -2.18. The second-order valence-corrected chi connectivity index (χ2v) is 5.41. The molecule has 0 heterocycles. The second kappa shape index (κ2) is 6.77. The van der Waals surface area contributed by atoms with Crippen LogP contribution < -0.4 is 5.32 Å². The normalized spacial score (nSPS) is 24.2. The van der Waals surface area contributed by atoms with Crippen molar-refractivity contribution >= 4 is 0 Å². The van der Waals surface area contributed by atoms with E-state index in [1.165, 1.54) is 12.1 Å². The minimum Gasteiger partial charge on any atom is -0.387 e. The van der Waals surface area contributed by atoms with Crippen molar-refractivity contribution in [1.82, 2.24) is 5.32 Å². The second-order valence-electron chi connectivity index (χ2n) is 5.41. The van der Waals surface area contributed by atoms with E-state index in [0.717, 1.165) is 31.4 Å². The highest BCUT2D eigenvalue weighted by Gasteiger charge is 2.31. The Bertz CT molecular complexity index is 464. The van der Waals surface area contributed by atoms with Crippen LogP contribution >= 0.6 is 0 Å². The minimum atomic E-state index is -4.39. The van der Waals surface area contributed by atoms with Crippen LogP contribution in [0.25, 0.3) is 0 Å². The van der Waals surface area contributed by atoms with Gasteiger partial charge in [-0.2, -0.15) is 13.2 Å². The Kier molecular flexibility index (Phi) is 5.24. The van der Waals surface area contributed by atoms with Crippen LogP contribution in [0.3, 0.4) is 0 Å². The van der Waals surface area contributed by atoms with Gasteiger partial charge in [0.25, 0.3) is 0 Å². The maximum absolute atomic E-state index is 12.6. The third-order valence-corrected chi connectivity index (χ3v) is 3.92. The van der Waals surface area contributed by atoms with E-state index < -0.39 is 17.8 Å². The molecule has 1 aliphatic rings. The number of hydrogen-bond donors (Lipinski definition) is 2. The maximum Gasteiger partial charge on any atom is 0.416 e. The van der Waals surface area contributed by atoms with Gasteiger partial charge < -0.3 is 15.2 Å². The largest absolute Gasteiger partial charge is 0.416 e. The summed E-state index contributed by atoms with van der Waals surface area (Å²) in [4.78, 5) is 0. The van der Waals surface area contributed by atoms with E-state index >= 15 is 0 Å². The van der Waals surface area contributed by atoms with Crippen molar-refractivity contribution in [3.63, 3.8) is 0 Å². The van der Waals surface area contributed by atoms with Crippen molar-refractivity contribution in [3.8, 4) is 0 Å². The quantitative estimate of drug-likeness (QED) is 0.879. The molecule has 0 saturated heterocycles. The summed E-state index contributed by atoms with van der Waals surface area (Å²) in [7, 11) is 1.67. The lowest BCUT2D eigenvalue weighted by Crippen LogP contribution is -2.31. The van der Waals surface area contributed by atoms with Gasteiger partial charge in [-0.15, -0.1) is 0 Å². The van der Waals surface area contributed by atoms with Crippen LogP contribution in [0.15, 0.2) is 24.3 Å². The molecule has 0 bridgehead atoms. The molecule has 1 aromatic carbocycles. The van der Waals surface area contributed by atoms with Gasteiger partial charge in [0.1, 0.15) is 0 Å². The number of aliphatic hydroxyl groups excluding tert-OH is 1. The first-order valence-electron chi connectivity index (χ1n) is 7.01. The molecule has 6 heteroatoms. The first-order chi connectivity index (χ1) is 9.90. The summed E-state index contributed by atoms with van der Waals surface area (Å²) in [5.74, 6) is 0. The monoisotopic (exact) mass is 303 g/mol. The Balaban J connectivity index is 1.90. The number of hydrogen-bond acceptors (Lipinski definition) is 3. The molecule has 21 heavy (non-hydrogen) atoms. The van der Waals surface area contributed by atoms with Crippen LogP contribution in [0.2, 0.25) is 0 Å². The zero-order chi connectivity index (χ0) is 15.5. The zero-order valence-corrected chi connectivity index (χ0v) is 11.9. The molecular weight excluding hydrogens is 283 g/mol. The van der Waals surface area contributed by atoms with E-state index in [0.29, 0.717) is 0 Å². The molecule has 1 aliphatic carbocycles. The molecular formula is C15H20F3NO2. The highest BCUT2D eigenvalue weighted by atomic mass is 19.4. The van der Waals surface area contributed by atoms with E-state index in [9.17, 15) is 18.3 Å². The molecule has 3 unspecified atom stereocenters. The van der Waals surface area contributed by atoms with Crippen LogP contribution in [-0.2, 0) is 10.9 Å². The predicted octanol–water partition coefficient (Wildman–Crippen LogP) is 2.90. The molecule has 0 aliphatic heterocycles. The molecule has 3 atom stereocenters. The summed E-state index contributed by atoms with van der Waals surface area (Å²) in [6, 6.07) is 5.07. The Hall–Kier alpha value is -1.11. The highest BCUT2D eigenvalue weighted by Crippen LogP contribution is 2.30. The fourth-order valence-corrected chi connectivity index (χ4v) is 2.66. The fraction of sp³-hybridized carbons (Fsp3) is 0.600. The Morgan fingerprint density at radius 3 is 2.76 bits per heavy atom. The number of nitrogens with one attached hydrogen (secondary N) is 1. The van der Waals surface area contributed by atoms with Gasteiger partial charge in [0, 0.05) is 19.7 Å². The lowest BCUT2D eigenvalue weighted by atomic mass is 10.1. The van der Waals surface area contributed by atoms with Crippen LogP contribution in [0.5, 0.6) is 0 Å². The summed E-state index contributed by atoms with van der Waals surface area (Å²) in [5, 5.41) is 13.2. The van der Waals surface area contributed by atoms with Gasteiger partial charge in [-0.05, 0) is 37.0 Å². The number of rotatable bonds is 5. The number of benzene rings is 1. The predicted molar refractivity (Wildman–Crippen MR) is 72.8 cm³/mol. The number of alkyl halides is 3. The van der Waals surface area contributed by atoms with Gasteiger partial charge in [0.15, 0.2) is 0 Å². The Labute approximate surface area is 122 Å². The van der Waals surface area contributed by atoms with Crippen molar-refractivity contribution in [2.75, 3.05) is 13.7 Å². The molecule has 0 radical (unpaired) electrons. The number of aliphatic hydroxyl groups is 1. The zero-order valence-electron chi connectivity index (χ0n) is 11.9. The smallest absolute Gasteiger partial charge is 0.387 e. The topological polar surface area (TPSA) is 41.5 Å². The standard InChI is InChI=1S/C15H20F3NO2/c1-21-13-6-5-12(8-13)19-9-14(20)10-3-2-4-11(7-10)15(16,17)18/h2-4,7,12-14,19-20H,5-6,8-9H2,1H3. The summed E-state index contributed by atoms with van der Waals surface area (Å²) in [6.07, 6.45) is -2.32. The van der Waals surface area contributed by atoms with Gasteiger partial charge in [-0.1, -0.05) is 12.1 Å². The Morgan fingerprint density at radius 1 is 1.38 bits per heavy atom. The van der Waals surface area contributed by atoms with E-state index in [1.807, 2.05) is 0 Å². The summed E-state index contributed by atoms with van der Waals surface area (Å²) < 4.78 is 43.2. The van der Waals surface area contributed by atoms with Gasteiger partial charge >= 0.3 is 6.18 Å². The molecule has 1 aromatic rings. The van der Waals surface area contributed by atoms with Gasteiger partial charge in [0.2, 0.25) is 0 Å². The molecule has 2 N–H and O–H groups in total. The van der Waals surface area contributed by atoms with Gasteiger partial charge in [-0.25, -0.2) is 0 Å². The average Bonchev–Trinajstić information content (AvgIpc) is 2.92. The molecule has 1 saturated carbocycles. The minimum absolute atomic E-state index is 0.230. The molecule has 118 valence electrons. The average molecular weight is 303 g/mol. The molecule has 0 spiro atoms. The summed E-state index contributed by atoms with van der Waals surface area (Å²) in [5.41, 5.74) is -0.460. The van der Waals surface area contributed by atoms with Gasteiger partial charge in [0.05, 0.1) is 17.8 Å². The SMILES string of the molecule is COC1CCC(NCC(O)c2cccc(C(F)(F)F)c2)C1. The molecule has 2 rings (SSSR count). The van der Waals surface area contributed by atoms with E-state index in [4.69, 9.17) is 4.74 Å². The third-order valence-electron chi connectivity index (χ3n) is 3.92. The molecule has 1 fully saturated rings. The number of methoxy groups -OCH3 is 1. The van der Waals surface area contributed by atoms with Crippen LogP contribution in [0.1, 0.15) is 36.5 Å². The summed E-state index contributed by atoms with van der Waals surface area (Å²) >= 11 is 0. The number of halogens is 3. The lowest BCUT2D eigenvalue weighted by molar-refractivity contribution is -0.137. The maximum atomic E-state index is 12.6. The van der Waals surface area contributed by atoms with Crippen LogP contribution in [-0.4, -0.2) is 30.9 Å². The van der Waals surface area contributed by atoms with Crippen molar-refractivity contribution in [2.24, 2.45) is 0 Å². The van der Waals surface area contributed by atoms with E-state index in [2.05, 4.69) is 5.32 Å². The first-order valence-corrected chi connectivity index (χ1v) is 7.01. The fourth-order valence-electron chi connectivity index (χ4n) is 2.66.